The van der Waals surface area contributed by atoms with E-state index in [2.05, 4.69) is 10.3 Å². The van der Waals surface area contributed by atoms with Gasteiger partial charge in [0.15, 0.2) is 0 Å². The first kappa shape index (κ1) is 11.6. The van der Waals surface area contributed by atoms with Gasteiger partial charge in [0.25, 0.3) is 0 Å². The van der Waals surface area contributed by atoms with Crippen molar-refractivity contribution in [1.29, 1.82) is 0 Å². The Morgan fingerprint density at radius 2 is 2.19 bits per heavy atom. The molecular weight excluding hydrogens is 204 g/mol. The molecule has 0 saturated heterocycles. The quantitative estimate of drug-likeness (QED) is 0.818. The minimum Gasteiger partial charge on any atom is -0.445 e. The molecule has 0 aliphatic heterocycles. The van der Waals surface area contributed by atoms with Gasteiger partial charge >= 0.3 is 0 Å². The van der Waals surface area contributed by atoms with Crippen LogP contribution in [0.1, 0.15) is 43.8 Å². The van der Waals surface area contributed by atoms with E-state index in [0.717, 1.165) is 31.4 Å². The highest BCUT2D eigenvalue weighted by Gasteiger charge is 2.28. The van der Waals surface area contributed by atoms with Crippen LogP contribution in [0.4, 0.5) is 0 Å². The maximum Gasteiger partial charge on any atom is 0.208 e. The second kappa shape index (κ2) is 4.97. The van der Waals surface area contributed by atoms with Gasteiger partial charge in [0, 0.05) is 6.54 Å². The third-order valence-electron chi connectivity index (χ3n) is 3.18. The predicted octanol–water partition coefficient (Wildman–Crippen LogP) is 1.77. The van der Waals surface area contributed by atoms with Crippen molar-refractivity contribution in [2.75, 3.05) is 6.54 Å². The molecule has 2 rings (SSSR count). The fourth-order valence-electron chi connectivity index (χ4n) is 2.27. The lowest BCUT2D eigenvalue weighted by Crippen LogP contribution is -2.41. The molecule has 90 valence electrons. The Hall–Kier alpha value is -0.870. The van der Waals surface area contributed by atoms with E-state index < -0.39 is 5.60 Å². The number of aliphatic hydroxyl groups is 1. The molecule has 16 heavy (non-hydrogen) atoms. The summed E-state index contributed by atoms with van der Waals surface area (Å²) in [4.78, 5) is 4.11. The van der Waals surface area contributed by atoms with Crippen molar-refractivity contribution in [2.24, 2.45) is 0 Å². The van der Waals surface area contributed by atoms with Crippen molar-refractivity contribution >= 4 is 0 Å². The highest BCUT2D eigenvalue weighted by atomic mass is 16.4. The van der Waals surface area contributed by atoms with Crippen LogP contribution in [0.3, 0.4) is 0 Å². The standard InChI is InChI=1S/C12H20N2O2/c1-10-7-14-11(16-10)8-13-9-12(15)5-3-2-4-6-12/h7,13,15H,2-6,8-9H2,1H3. The van der Waals surface area contributed by atoms with Crippen LogP contribution in [0.5, 0.6) is 0 Å². The molecule has 0 unspecified atom stereocenters. The molecule has 1 heterocycles. The molecule has 2 N–H and O–H groups in total. The lowest BCUT2D eigenvalue weighted by atomic mass is 9.85. The highest BCUT2D eigenvalue weighted by molar-refractivity contribution is 4.91. The maximum absolute atomic E-state index is 10.2. The van der Waals surface area contributed by atoms with Crippen molar-refractivity contribution in [3.05, 3.63) is 17.8 Å². The Balaban J connectivity index is 1.74. The monoisotopic (exact) mass is 224 g/mol. The summed E-state index contributed by atoms with van der Waals surface area (Å²) >= 11 is 0. The first-order chi connectivity index (χ1) is 7.68. The summed E-state index contributed by atoms with van der Waals surface area (Å²) in [5.74, 6) is 1.52. The van der Waals surface area contributed by atoms with Gasteiger partial charge in [-0.05, 0) is 19.8 Å². The maximum atomic E-state index is 10.2. The summed E-state index contributed by atoms with van der Waals surface area (Å²) < 4.78 is 5.35. The fourth-order valence-corrected chi connectivity index (χ4v) is 2.27. The summed E-state index contributed by atoms with van der Waals surface area (Å²) in [7, 11) is 0. The van der Waals surface area contributed by atoms with Crippen LogP contribution >= 0.6 is 0 Å². The molecule has 0 bridgehead atoms. The van der Waals surface area contributed by atoms with Crippen LogP contribution in [0.15, 0.2) is 10.6 Å². The molecule has 0 radical (unpaired) electrons. The molecule has 1 aromatic rings. The van der Waals surface area contributed by atoms with E-state index in [1.54, 1.807) is 6.20 Å². The zero-order valence-electron chi connectivity index (χ0n) is 9.83. The molecule has 1 aliphatic carbocycles. The number of aromatic nitrogens is 1. The van der Waals surface area contributed by atoms with Crippen LogP contribution in [-0.2, 0) is 6.54 Å². The minimum atomic E-state index is -0.514. The molecule has 1 fully saturated rings. The zero-order chi connectivity index (χ0) is 11.4. The van der Waals surface area contributed by atoms with E-state index in [0.29, 0.717) is 19.0 Å². The van der Waals surface area contributed by atoms with E-state index in [9.17, 15) is 5.11 Å². The van der Waals surface area contributed by atoms with Crippen molar-refractivity contribution in [3.63, 3.8) is 0 Å². The number of rotatable bonds is 4. The number of hydrogen-bond donors (Lipinski definition) is 2. The molecular formula is C12H20N2O2. The molecule has 1 aliphatic rings. The van der Waals surface area contributed by atoms with Crippen LogP contribution < -0.4 is 5.32 Å². The highest BCUT2D eigenvalue weighted by Crippen LogP contribution is 2.27. The van der Waals surface area contributed by atoms with Crippen LogP contribution in [-0.4, -0.2) is 22.2 Å². The van der Waals surface area contributed by atoms with Crippen molar-refractivity contribution in [3.8, 4) is 0 Å². The van der Waals surface area contributed by atoms with Crippen molar-refractivity contribution in [1.82, 2.24) is 10.3 Å². The zero-order valence-corrected chi connectivity index (χ0v) is 9.83. The van der Waals surface area contributed by atoms with E-state index in [1.165, 1.54) is 6.42 Å². The first-order valence-electron chi connectivity index (χ1n) is 6.02. The minimum absolute atomic E-state index is 0.514. The lowest BCUT2D eigenvalue weighted by Gasteiger charge is -2.32. The van der Waals surface area contributed by atoms with Crippen molar-refractivity contribution in [2.45, 2.75) is 51.2 Å². The summed E-state index contributed by atoms with van der Waals surface area (Å²) in [5, 5.41) is 13.5. The average Bonchev–Trinajstić information content (AvgIpc) is 2.65. The molecule has 0 atom stereocenters. The van der Waals surface area contributed by atoms with E-state index >= 15 is 0 Å². The van der Waals surface area contributed by atoms with Crippen LogP contribution in [0.25, 0.3) is 0 Å². The fraction of sp³-hybridized carbons (Fsp3) is 0.750. The molecule has 0 spiro atoms. The van der Waals surface area contributed by atoms with E-state index in [1.807, 2.05) is 6.92 Å². The van der Waals surface area contributed by atoms with Crippen molar-refractivity contribution < 1.29 is 9.52 Å². The third kappa shape index (κ3) is 3.06. The second-order valence-corrected chi connectivity index (χ2v) is 4.75. The Morgan fingerprint density at radius 3 is 2.81 bits per heavy atom. The average molecular weight is 224 g/mol. The summed E-state index contributed by atoms with van der Waals surface area (Å²) in [6, 6.07) is 0. The Bertz CT molecular complexity index is 330. The van der Waals surface area contributed by atoms with Gasteiger partial charge in [0.1, 0.15) is 5.76 Å². The largest absolute Gasteiger partial charge is 0.445 e. The third-order valence-corrected chi connectivity index (χ3v) is 3.18. The molecule has 4 nitrogen and oxygen atoms in total. The number of nitrogens with one attached hydrogen (secondary N) is 1. The van der Waals surface area contributed by atoms with Gasteiger partial charge in [-0.25, -0.2) is 4.98 Å². The van der Waals surface area contributed by atoms with Gasteiger partial charge in [-0.3, -0.25) is 0 Å². The van der Waals surface area contributed by atoms with Gasteiger partial charge in [-0.2, -0.15) is 0 Å². The van der Waals surface area contributed by atoms with E-state index in [4.69, 9.17) is 4.42 Å². The summed E-state index contributed by atoms with van der Waals surface area (Å²) in [6.45, 7) is 3.11. The summed E-state index contributed by atoms with van der Waals surface area (Å²) in [6.07, 6.45) is 7.05. The second-order valence-electron chi connectivity index (χ2n) is 4.75. The topological polar surface area (TPSA) is 58.3 Å². The van der Waals surface area contributed by atoms with Gasteiger partial charge in [-0.1, -0.05) is 19.3 Å². The molecule has 1 saturated carbocycles. The van der Waals surface area contributed by atoms with Gasteiger partial charge in [0.05, 0.1) is 18.3 Å². The molecule has 4 heteroatoms. The van der Waals surface area contributed by atoms with Crippen LogP contribution in [0.2, 0.25) is 0 Å². The van der Waals surface area contributed by atoms with Gasteiger partial charge < -0.3 is 14.8 Å². The molecule has 1 aromatic heterocycles. The normalized spacial score (nSPS) is 19.9. The SMILES string of the molecule is Cc1cnc(CNCC2(O)CCCCC2)o1. The van der Waals surface area contributed by atoms with Gasteiger partial charge in [-0.15, -0.1) is 0 Å². The smallest absolute Gasteiger partial charge is 0.208 e. The number of oxazole rings is 1. The van der Waals surface area contributed by atoms with E-state index in [-0.39, 0.29) is 0 Å². The Morgan fingerprint density at radius 1 is 1.44 bits per heavy atom. The Kier molecular flexibility index (Phi) is 3.61. The van der Waals surface area contributed by atoms with Crippen LogP contribution in [0, 0.1) is 6.92 Å². The molecule has 0 aromatic carbocycles. The number of aryl methyl sites for hydroxylation is 1. The number of nitrogens with zero attached hydrogens (tertiary/aromatic N) is 1. The molecule has 0 amide bonds. The Labute approximate surface area is 96.1 Å². The first-order valence-corrected chi connectivity index (χ1v) is 6.02. The van der Waals surface area contributed by atoms with Gasteiger partial charge in [0.2, 0.25) is 5.89 Å². The lowest BCUT2D eigenvalue weighted by molar-refractivity contribution is 0.00430. The summed E-state index contributed by atoms with van der Waals surface area (Å²) in [5.41, 5.74) is -0.514. The predicted molar refractivity (Wildman–Crippen MR) is 61.0 cm³/mol. The number of hydrogen-bond acceptors (Lipinski definition) is 4.